The molecule has 0 radical (unpaired) electrons. The number of anilines is 2. The number of rotatable bonds is 2. The highest BCUT2D eigenvalue weighted by molar-refractivity contribution is 9.10. The largest absolute Gasteiger partial charge is 0.382 e. The molecule has 88 valence electrons. The normalized spacial score (nSPS) is 10.3. The Morgan fingerprint density at radius 2 is 1.82 bits per heavy atom. The fourth-order valence-electron chi connectivity index (χ4n) is 1.51. The van der Waals surface area contributed by atoms with Gasteiger partial charge < -0.3 is 10.6 Å². The van der Waals surface area contributed by atoms with E-state index in [1.807, 2.05) is 43.3 Å². The fourth-order valence-corrected chi connectivity index (χ4v) is 1.79. The minimum Gasteiger partial charge on any atom is -0.382 e. The van der Waals surface area contributed by atoms with Gasteiger partial charge in [-0.15, -0.1) is 0 Å². The Hall–Kier alpha value is -1.62. The molecule has 1 heterocycles. The Morgan fingerprint density at radius 3 is 2.41 bits per heavy atom. The first kappa shape index (κ1) is 11.9. The molecule has 2 aromatic rings. The molecule has 2 rings (SSSR count). The van der Waals surface area contributed by atoms with Crippen LogP contribution in [-0.4, -0.2) is 24.1 Å². The molecule has 4 nitrogen and oxygen atoms in total. The number of nitrogens with two attached hydrogens (primary N) is 1. The summed E-state index contributed by atoms with van der Waals surface area (Å²) < 4.78 is 0.679. The van der Waals surface area contributed by atoms with Crippen molar-refractivity contribution in [3.05, 3.63) is 35.1 Å². The lowest BCUT2D eigenvalue weighted by atomic mass is 10.1. The molecule has 0 aliphatic rings. The summed E-state index contributed by atoms with van der Waals surface area (Å²) in [6.45, 7) is 0. The molecule has 0 aliphatic carbocycles. The number of halogens is 1. The minimum absolute atomic E-state index is 0.436. The summed E-state index contributed by atoms with van der Waals surface area (Å²) in [5.41, 5.74) is 8.61. The van der Waals surface area contributed by atoms with E-state index in [1.165, 1.54) is 0 Å². The van der Waals surface area contributed by atoms with Crippen molar-refractivity contribution in [2.75, 3.05) is 24.7 Å². The molecule has 0 atom stereocenters. The Labute approximate surface area is 109 Å². The molecule has 0 amide bonds. The number of hydrogen-bond acceptors (Lipinski definition) is 4. The van der Waals surface area contributed by atoms with Crippen LogP contribution in [-0.2, 0) is 0 Å². The molecule has 0 saturated heterocycles. The SMILES string of the molecule is CN(C)c1ccc(-c2nc(Br)cnc2N)cc1. The molecule has 0 aliphatic heterocycles. The number of nitrogens with zero attached hydrogens (tertiary/aromatic N) is 3. The molecular formula is C12H13BrN4. The molecule has 0 unspecified atom stereocenters. The summed E-state index contributed by atoms with van der Waals surface area (Å²) in [6.07, 6.45) is 1.59. The van der Waals surface area contributed by atoms with Gasteiger partial charge in [0.2, 0.25) is 0 Å². The average molecular weight is 293 g/mol. The zero-order chi connectivity index (χ0) is 12.4. The molecule has 1 aromatic heterocycles. The molecule has 2 N–H and O–H groups in total. The van der Waals surface area contributed by atoms with E-state index >= 15 is 0 Å². The van der Waals surface area contributed by atoms with Crippen LogP contribution in [0, 0.1) is 0 Å². The van der Waals surface area contributed by atoms with E-state index in [4.69, 9.17) is 5.73 Å². The lowest BCUT2D eigenvalue weighted by Crippen LogP contribution is -2.08. The second-order valence-electron chi connectivity index (χ2n) is 3.87. The first-order chi connectivity index (χ1) is 8.08. The lowest BCUT2D eigenvalue weighted by molar-refractivity contribution is 1.13. The third kappa shape index (κ3) is 2.55. The highest BCUT2D eigenvalue weighted by Crippen LogP contribution is 2.25. The molecule has 17 heavy (non-hydrogen) atoms. The Balaban J connectivity index is 2.43. The van der Waals surface area contributed by atoms with Crippen molar-refractivity contribution < 1.29 is 0 Å². The van der Waals surface area contributed by atoms with Crippen LogP contribution in [0.4, 0.5) is 11.5 Å². The van der Waals surface area contributed by atoms with Crippen LogP contribution in [0.25, 0.3) is 11.3 Å². The van der Waals surface area contributed by atoms with E-state index in [-0.39, 0.29) is 0 Å². The molecule has 0 saturated carbocycles. The fraction of sp³-hybridized carbons (Fsp3) is 0.167. The predicted molar refractivity (Wildman–Crippen MR) is 73.9 cm³/mol. The lowest BCUT2D eigenvalue weighted by Gasteiger charge is -2.12. The van der Waals surface area contributed by atoms with Crippen molar-refractivity contribution in [1.29, 1.82) is 0 Å². The van der Waals surface area contributed by atoms with Crippen LogP contribution in [0.2, 0.25) is 0 Å². The van der Waals surface area contributed by atoms with Gasteiger partial charge in [0.1, 0.15) is 16.1 Å². The van der Waals surface area contributed by atoms with Gasteiger partial charge in [-0.2, -0.15) is 0 Å². The maximum Gasteiger partial charge on any atom is 0.150 e. The van der Waals surface area contributed by atoms with Crippen molar-refractivity contribution in [2.24, 2.45) is 0 Å². The van der Waals surface area contributed by atoms with Gasteiger partial charge in [-0.05, 0) is 28.1 Å². The predicted octanol–water partition coefficient (Wildman–Crippen LogP) is 2.55. The van der Waals surface area contributed by atoms with Gasteiger partial charge in [0.25, 0.3) is 0 Å². The van der Waals surface area contributed by atoms with Crippen molar-refractivity contribution in [1.82, 2.24) is 9.97 Å². The van der Waals surface area contributed by atoms with Gasteiger partial charge in [-0.3, -0.25) is 0 Å². The van der Waals surface area contributed by atoms with Gasteiger partial charge >= 0.3 is 0 Å². The first-order valence-corrected chi connectivity index (χ1v) is 5.93. The molecular weight excluding hydrogens is 280 g/mol. The third-order valence-electron chi connectivity index (χ3n) is 2.43. The van der Waals surface area contributed by atoms with Crippen LogP contribution < -0.4 is 10.6 Å². The van der Waals surface area contributed by atoms with Crippen molar-refractivity contribution >= 4 is 27.4 Å². The highest BCUT2D eigenvalue weighted by atomic mass is 79.9. The number of nitrogen functional groups attached to an aromatic ring is 1. The average Bonchev–Trinajstić information content (AvgIpc) is 2.32. The quantitative estimate of drug-likeness (QED) is 0.924. The van der Waals surface area contributed by atoms with Gasteiger partial charge in [-0.1, -0.05) is 12.1 Å². The smallest absolute Gasteiger partial charge is 0.150 e. The zero-order valence-electron chi connectivity index (χ0n) is 9.68. The molecule has 0 spiro atoms. The molecule has 5 heteroatoms. The van der Waals surface area contributed by atoms with Gasteiger partial charge in [-0.25, -0.2) is 9.97 Å². The van der Waals surface area contributed by atoms with E-state index in [0.717, 1.165) is 11.3 Å². The Bertz CT molecular complexity index is 523. The van der Waals surface area contributed by atoms with E-state index in [2.05, 4.69) is 25.9 Å². The molecule has 0 bridgehead atoms. The Kier molecular flexibility index (Phi) is 3.28. The summed E-state index contributed by atoms with van der Waals surface area (Å²) >= 11 is 3.29. The Morgan fingerprint density at radius 1 is 1.18 bits per heavy atom. The van der Waals surface area contributed by atoms with Crippen molar-refractivity contribution in [2.45, 2.75) is 0 Å². The van der Waals surface area contributed by atoms with Crippen molar-refractivity contribution in [3.63, 3.8) is 0 Å². The summed E-state index contributed by atoms with van der Waals surface area (Å²) in [5, 5.41) is 0. The second-order valence-corrected chi connectivity index (χ2v) is 4.68. The number of hydrogen-bond donors (Lipinski definition) is 1. The summed E-state index contributed by atoms with van der Waals surface area (Å²) in [6, 6.07) is 8.03. The first-order valence-electron chi connectivity index (χ1n) is 5.13. The van der Waals surface area contributed by atoms with Crippen LogP contribution in [0.3, 0.4) is 0 Å². The third-order valence-corrected chi connectivity index (χ3v) is 2.81. The number of benzene rings is 1. The monoisotopic (exact) mass is 292 g/mol. The van der Waals surface area contributed by atoms with Crippen LogP contribution in [0.15, 0.2) is 35.1 Å². The van der Waals surface area contributed by atoms with E-state index < -0.39 is 0 Å². The number of aromatic nitrogens is 2. The van der Waals surface area contributed by atoms with Crippen LogP contribution in [0.5, 0.6) is 0 Å². The standard InChI is InChI=1S/C12H13BrN4/c1-17(2)9-5-3-8(4-6-9)11-12(14)15-7-10(13)16-11/h3-7H,1-2H3,(H2,14,15). The summed E-state index contributed by atoms with van der Waals surface area (Å²) in [5.74, 6) is 0.436. The van der Waals surface area contributed by atoms with E-state index in [1.54, 1.807) is 6.20 Å². The molecule has 0 fully saturated rings. The topological polar surface area (TPSA) is 55.0 Å². The van der Waals surface area contributed by atoms with Crippen molar-refractivity contribution in [3.8, 4) is 11.3 Å². The second kappa shape index (κ2) is 4.71. The van der Waals surface area contributed by atoms with Crippen LogP contribution >= 0.6 is 15.9 Å². The van der Waals surface area contributed by atoms with Gasteiger partial charge in [0.15, 0.2) is 0 Å². The van der Waals surface area contributed by atoms with E-state index in [0.29, 0.717) is 16.1 Å². The summed E-state index contributed by atoms with van der Waals surface area (Å²) in [7, 11) is 4.00. The zero-order valence-corrected chi connectivity index (χ0v) is 11.3. The van der Waals surface area contributed by atoms with E-state index in [9.17, 15) is 0 Å². The maximum absolute atomic E-state index is 5.81. The minimum atomic E-state index is 0.436. The van der Waals surface area contributed by atoms with Gasteiger partial charge in [0, 0.05) is 25.3 Å². The van der Waals surface area contributed by atoms with Crippen LogP contribution in [0.1, 0.15) is 0 Å². The van der Waals surface area contributed by atoms with Gasteiger partial charge in [0.05, 0.1) is 6.20 Å². The molecule has 1 aromatic carbocycles. The highest BCUT2D eigenvalue weighted by Gasteiger charge is 2.06. The maximum atomic E-state index is 5.81. The summed E-state index contributed by atoms with van der Waals surface area (Å²) in [4.78, 5) is 10.4.